The molecule has 1 atom stereocenters. The average molecular weight is 498 g/mol. The van der Waals surface area contributed by atoms with Crippen molar-refractivity contribution in [3.63, 3.8) is 0 Å². The Morgan fingerprint density at radius 2 is 1.80 bits per heavy atom. The summed E-state index contributed by atoms with van der Waals surface area (Å²) in [5.41, 5.74) is 2.21. The topological polar surface area (TPSA) is 54.0 Å². The molecule has 3 aromatic carbocycles. The highest BCUT2D eigenvalue weighted by atomic mass is 35.5. The fraction of sp³-hybridized carbons (Fsp3) is 0.296. The van der Waals surface area contributed by atoms with Crippen LogP contribution >= 0.6 is 11.6 Å². The van der Waals surface area contributed by atoms with E-state index in [1.54, 1.807) is 30.2 Å². The molecule has 184 valence electrons. The zero-order chi connectivity index (χ0) is 24.6. The van der Waals surface area contributed by atoms with Gasteiger partial charge in [-0.1, -0.05) is 48.0 Å². The molecule has 1 saturated heterocycles. The Hall–Kier alpha value is -3.13. The number of hydrogen-bond acceptors (Lipinski definition) is 4. The van der Waals surface area contributed by atoms with Crippen LogP contribution in [-0.4, -0.2) is 55.7 Å². The lowest BCUT2D eigenvalue weighted by Gasteiger charge is -2.36. The van der Waals surface area contributed by atoms with Crippen molar-refractivity contribution in [1.29, 1.82) is 0 Å². The minimum atomic E-state index is -0.447. The predicted octanol–water partition coefficient (Wildman–Crippen LogP) is 5.60. The fourth-order valence-corrected chi connectivity index (χ4v) is 4.26. The second-order valence-corrected chi connectivity index (χ2v) is 8.84. The van der Waals surface area contributed by atoms with E-state index >= 15 is 0 Å². The Labute approximate surface area is 210 Å². The number of methoxy groups -OCH3 is 1. The van der Waals surface area contributed by atoms with Gasteiger partial charge in [-0.25, -0.2) is 9.18 Å². The molecule has 0 bridgehead atoms. The number of ether oxygens (including phenoxy) is 2. The molecule has 1 N–H and O–H groups in total. The van der Waals surface area contributed by atoms with E-state index in [2.05, 4.69) is 10.2 Å². The number of carbonyl (C=O) groups excluding carboxylic acids is 1. The van der Waals surface area contributed by atoms with Crippen molar-refractivity contribution in [2.75, 3.05) is 45.2 Å². The number of nitrogens with one attached hydrogen (secondary N) is 1. The van der Waals surface area contributed by atoms with Crippen LogP contribution in [0.4, 0.5) is 14.9 Å². The number of nitrogens with zero attached hydrogens (tertiary/aromatic N) is 2. The van der Waals surface area contributed by atoms with Gasteiger partial charge in [0.1, 0.15) is 11.6 Å². The smallest absolute Gasteiger partial charge is 0.322 e. The van der Waals surface area contributed by atoms with E-state index in [0.717, 1.165) is 16.9 Å². The first-order chi connectivity index (χ1) is 17.0. The van der Waals surface area contributed by atoms with Gasteiger partial charge in [0.15, 0.2) is 0 Å². The molecule has 6 nitrogen and oxygen atoms in total. The first-order valence-corrected chi connectivity index (χ1v) is 11.9. The Morgan fingerprint density at radius 1 is 1.03 bits per heavy atom. The highest BCUT2D eigenvalue weighted by Gasteiger charge is 2.25. The summed E-state index contributed by atoms with van der Waals surface area (Å²) in [5, 5.41) is 3.34. The summed E-state index contributed by atoms with van der Waals surface area (Å²) < 4.78 is 25.6. The monoisotopic (exact) mass is 497 g/mol. The molecule has 1 fully saturated rings. The number of carbonyl (C=O) groups is 1. The molecular formula is C27H29ClFN3O3. The largest absolute Gasteiger partial charge is 0.497 e. The third-order valence-corrected chi connectivity index (χ3v) is 6.24. The molecule has 0 saturated carbocycles. The third kappa shape index (κ3) is 6.94. The lowest BCUT2D eigenvalue weighted by Crippen LogP contribution is -2.50. The summed E-state index contributed by atoms with van der Waals surface area (Å²) in [6, 6.07) is 21.4. The standard InChI is InChI=1S/C27H29ClFN3O3/c1-34-23-9-5-7-21(17-23)26(35-19-20-6-4-8-22(28)16-20)18-31-12-14-32(15-13-31)27(33)30-25-11-3-2-10-24(25)29/h2-11,16-17,26H,12-15,18-19H2,1H3,(H,30,33). The Kier molecular flexibility index (Phi) is 8.58. The van der Waals surface area contributed by atoms with Crippen LogP contribution in [0.1, 0.15) is 17.2 Å². The normalized spacial score (nSPS) is 15.0. The first kappa shape index (κ1) is 25.0. The van der Waals surface area contributed by atoms with E-state index in [0.29, 0.717) is 44.4 Å². The van der Waals surface area contributed by atoms with Gasteiger partial charge in [0.25, 0.3) is 0 Å². The van der Waals surface area contributed by atoms with Gasteiger partial charge in [0.2, 0.25) is 0 Å². The molecule has 8 heteroatoms. The third-order valence-electron chi connectivity index (χ3n) is 6.00. The van der Waals surface area contributed by atoms with Gasteiger partial charge in [-0.3, -0.25) is 4.90 Å². The van der Waals surface area contributed by atoms with E-state index in [4.69, 9.17) is 21.1 Å². The van der Waals surface area contributed by atoms with Gasteiger partial charge in [0.05, 0.1) is 25.5 Å². The molecule has 1 aliphatic rings. The van der Waals surface area contributed by atoms with Gasteiger partial charge in [0, 0.05) is 37.7 Å². The van der Waals surface area contributed by atoms with Gasteiger partial charge < -0.3 is 19.7 Å². The van der Waals surface area contributed by atoms with Crippen LogP contribution in [0.3, 0.4) is 0 Å². The zero-order valence-corrected chi connectivity index (χ0v) is 20.4. The molecule has 0 radical (unpaired) electrons. The summed E-state index contributed by atoms with van der Waals surface area (Å²) in [5.74, 6) is 0.325. The van der Waals surface area contributed by atoms with Crippen LogP contribution in [0.2, 0.25) is 5.02 Å². The van der Waals surface area contributed by atoms with Crippen molar-refractivity contribution in [2.45, 2.75) is 12.7 Å². The molecule has 1 aliphatic heterocycles. The Morgan fingerprint density at radius 3 is 2.54 bits per heavy atom. The number of hydrogen-bond donors (Lipinski definition) is 1. The summed E-state index contributed by atoms with van der Waals surface area (Å²) >= 11 is 6.13. The lowest BCUT2D eigenvalue weighted by atomic mass is 10.1. The highest BCUT2D eigenvalue weighted by Crippen LogP contribution is 2.25. The van der Waals surface area contributed by atoms with Crippen molar-refractivity contribution in [3.8, 4) is 5.75 Å². The van der Waals surface area contributed by atoms with Crippen molar-refractivity contribution < 1.29 is 18.7 Å². The van der Waals surface area contributed by atoms with E-state index in [1.165, 1.54) is 6.07 Å². The zero-order valence-electron chi connectivity index (χ0n) is 19.6. The van der Waals surface area contributed by atoms with Crippen LogP contribution < -0.4 is 10.1 Å². The summed E-state index contributed by atoms with van der Waals surface area (Å²) in [4.78, 5) is 16.6. The van der Waals surface area contributed by atoms with Crippen LogP contribution in [0.15, 0.2) is 72.8 Å². The number of piperazine rings is 1. The number of benzene rings is 3. The number of para-hydroxylation sites is 1. The lowest BCUT2D eigenvalue weighted by molar-refractivity contribution is 0.00584. The maximum atomic E-state index is 13.9. The molecule has 0 spiro atoms. The number of halogens is 2. The Bertz CT molecular complexity index is 1140. The van der Waals surface area contributed by atoms with Crippen molar-refractivity contribution >= 4 is 23.3 Å². The van der Waals surface area contributed by atoms with Crippen LogP contribution in [0, 0.1) is 5.82 Å². The van der Waals surface area contributed by atoms with E-state index in [9.17, 15) is 9.18 Å². The SMILES string of the molecule is COc1cccc(C(CN2CCN(C(=O)Nc3ccccc3F)CC2)OCc2cccc(Cl)c2)c1. The van der Waals surface area contributed by atoms with Gasteiger partial charge in [-0.05, 0) is 47.5 Å². The maximum Gasteiger partial charge on any atom is 0.322 e. The van der Waals surface area contributed by atoms with Gasteiger partial charge >= 0.3 is 6.03 Å². The molecule has 0 aliphatic carbocycles. The molecule has 0 aromatic heterocycles. The van der Waals surface area contributed by atoms with Crippen molar-refractivity contribution in [3.05, 3.63) is 94.8 Å². The highest BCUT2D eigenvalue weighted by molar-refractivity contribution is 6.30. The summed E-state index contributed by atoms with van der Waals surface area (Å²) in [6.45, 7) is 3.54. The van der Waals surface area contributed by atoms with Crippen molar-refractivity contribution in [2.24, 2.45) is 0 Å². The minimum Gasteiger partial charge on any atom is -0.497 e. The van der Waals surface area contributed by atoms with E-state index in [-0.39, 0.29) is 17.8 Å². The predicted molar refractivity (Wildman–Crippen MR) is 135 cm³/mol. The quantitative estimate of drug-likeness (QED) is 0.440. The summed E-state index contributed by atoms with van der Waals surface area (Å²) in [6.07, 6.45) is -0.192. The number of amides is 2. The van der Waals surface area contributed by atoms with Gasteiger partial charge in [-0.15, -0.1) is 0 Å². The van der Waals surface area contributed by atoms with Crippen LogP contribution in [0.25, 0.3) is 0 Å². The maximum absolute atomic E-state index is 13.9. The average Bonchev–Trinajstić information content (AvgIpc) is 2.88. The van der Waals surface area contributed by atoms with Gasteiger partial charge in [-0.2, -0.15) is 0 Å². The number of urea groups is 1. The fourth-order valence-electron chi connectivity index (χ4n) is 4.04. The second-order valence-electron chi connectivity index (χ2n) is 8.40. The molecule has 1 unspecified atom stereocenters. The molecule has 2 amide bonds. The molecule has 35 heavy (non-hydrogen) atoms. The Balaban J connectivity index is 1.38. The van der Waals surface area contributed by atoms with E-state index < -0.39 is 5.82 Å². The second kappa shape index (κ2) is 12.0. The molecule has 4 rings (SSSR count). The number of rotatable bonds is 8. The molecular weight excluding hydrogens is 469 g/mol. The van der Waals surface area contributed by atoms with Crippen LogP contribution in [0.5, 0.6) is 5.75 Å². The van der Waals surface area contributed by atoms with Crippen molar-refractivity contribution in [1.82, 2.24) is 9.80 Å². The molecule has 1 heterocycles. The van der Waals surface area contributed by atoms with Crippen LogP contribution in [-0.2, 0) is 11.3 Å². The minimum absolute atomic E-state index is 0.187. The number of anilines is 1. The molecule has 3 aromatic rings. The summed E-state index contributed by atoms with van der Waals surface area (Å²) in [7, 11) is 1.65. The first-order valence-electron chi connectivity index (χ1n) is 11.5. The van der Waals surface area contributed by atoms with E-state index in [1.807, 2.05) is 48.5 Å².